The molecule has 2 saturated heterocycles. The lowest BCUT2D eigenvalue weighted by Gasteiger charge is -2.43. The van der Waals surface area contributed by atoms with Crippen molar-refractivity contribution >= 4 is 34.9 Å². The quantitative estimate of drug-likeness (QED) is 0.654. The summed E-state index contributed by atoms with van der Waals surface area (Å²) in [5.41, 5.74) is 1.44. The summed E-state index contributed by atoms with van der Waals surface area (Å²) < 4.78 is 0. The third-order valence-electron chi connectivity index (χ3n) is 6.84. The number of pyridine rings is 1. The van der Waals surface area contributed by atoms with Crippen LogP contribution in [0.4, 0.5) is 5.69 Å². The van der Waals surface area contributed by atoms with Crippen molar-refractivity contribution in [2.75, 3.05) is 31.1 Å². The van der Waals surface area contributed by atoms with Gasteiger partial charge in [-0.15, -0.1) is 12.4 Å². The molecule has 0 unspecified atom stereocenters. The van der Waals surface area contributed by atoms with Crippen molar-refractivity contribution in [3.8, 4) is 0 Å². The SMILES string of the molecule is Cl.O=C(Cl)c1ccc(N2CCC(CC3CCN(C4CCC4)CC3)CC2)cn1. The molecule has 0 aromatic carbocycles. The van der Waals surface area contributed by atoms with Crippen LogP contribution in [0.15, 0.2) is 18.3 Å². The number of hydrogen-bond acceptors (Lipinski definition) is 4. The standard InChI is InChI=1S/C21H30ClN3O.ClH/c22-21(26)20-5-4-19(15-23-20)25-12-8-17(9-13-25)14-16-6-10-24(11-7-16)18-2-1-3-18;/h4-5,15-18H,1-3,6-14H2;1H. The summed E-state index contributed by atoms with van der Waals surface area (Å²) in [6.45, 7) is 4.87. The summed E-state index contributed by atoms with van der Waals surface area (Å²) in [7, 11) is 0. The van der Waals surface area contributed by atoms with Crippen LogP contribution in [0.2, 0.25) is 0 Å². The zero-order valence-electron chi connectivity index (χ0n) is 16.0. The average molecular weight is 412 g/mol. The lowest BCUT2D eigenvalue weighted by molar-refractivity contribution is 0.0772. The molecule has 1 saturated carbocycles. The third-order valence-corrected chi connectivity index (χ3v) is 7.03. The van der Waals surface area contributed by atoms with Gasteiger partial charge in [0.1, 0.15) is 5.69 Å². The highest BCUT2D eigenvalue weighted by atomic mass is 35.5. The Morgan fingerprint density at radius 1 is 1.00 bits per heavy atom. The summed E-state index contributed by atoms with van der Waals surface area (Å²) >= 11 is 5.47. The number of carbonyl (C=O) groups is 1. The monoisotopic (exact) mass is 411 g/mol. The summed E-state index contributed by atoms with van der Waals surface area (Å²) in [5, 5.41) is -0.487. The molecule has 0 N–H and O–H groups in total. The summed E-state index contributed by atoms with van der Waals surface area (Å²) in [6.07, 6.45) is 12.9. The van der Waals surface area contributed by atoms with Gasteiger partial charge in [-0.3, -0.25) is 4.79 Å². The first-order valence-corrected chi connectivity index (χ1v) is 10.7. The van der Waals surface area contributed by atoms with Crippen molar-refractivity contribution in [2.24, 2.45) is 11.8 Å². The highest BCUT2D eigenvalue weighted by Gasteiger charge is 2.30. The summed E-state index contributed by atoms with van der Waals surface area (Å²) in [5.74, 6) is 1.82. The van der Waals surface area contributed by atoms with Gasteiger partial charge in [-0.1, -0.05) is 6.42 Å². The molecular weight excluding hydrogens is 381 g/mol. The van der Waals surface area contributed by atoms with Gasteiger partial charge < -0.3 is 9.80 Å². The molecule has 3 aliphatic rings. The Kier molecular flexibility index (Phi) is 7.41. The highest BCUT2D eigenvalue weighted by molar-refractivity contribution is 6.67. The van der Waals surface area contributed by atoms with Gasteiger partial charge in [0.2, 0.25) is 0 Å². The van der Waals surface area contributed by atoms with Gasteiger partial charge in [-0.2, -0.15) is 0 Å². The molecule has 0 radical (unpaired) electrons. The van der Waals surface area contributed by atoms with E-state index in [1.807, 2.05) is 6.07 Å². The van der Waals surface area contributed by atoms with Gasteiger partial charge in [0.05, 0.1) is 11.9 Å². The topological polar surface area (TPSA) is 36.4 Å². The van der Waals surface area contributed by atoms with E-state index in [1.54, 1.807) is 12.3 Å². The van der Waals surface area contributed by atoms with E-state index in [0.717, 1.165) is 36.7 Å². The first-order chi connectivity index (χ1) is 12.7. The molecule has 1 aromatic heterocycles. The van der Waals surface area contributed by atoms with E-state index in [9.17, 15) is 4.79 Å². The Morgan fingerprint density at radius 3 is 2.11 bits per heavy atom. The van der Waals surface area contributed by atoms with Crippen molar-refractivity contribution in [1.82, 2.24) is 9.88 Å². The van der Waals surface area contributed by atoms with Crippen LogP contribution >= 0.6 is 24.0 Å². The maximum Gasteiger partial charge on any atom is 0.270 e. The predicted octanol–water partition coefficient (Wildman–Crippen LogP) is 4.75. The molecule has 27 heavy (non-hydrogen) atoms. The second-order valence-corrected chi connectivity index (χ2v) is 8.75. The van der Waals surface area contributed by atoms with Crippen LogP contribution in [0.25, 0.3) is 0 Å². The van der Waals surface area contributed by atoms with Crippen LogP contribution in [0.3, 0.4) is 0 Å². The Labute approximate surface area is 174 Å². The number of piperidine rings is 2. The van der Waals surface area contributed by atoms with E-state index in [-0.39, 0.29) is 12.4 Å². The number of likely N-dealkylation sites (tertiary alicyclic amines) is 1. The van der Waals surface area contributed by atoms with Crippen molar-refractivity contribution in [2.45, 2.75) is 57.4 Å². The molecule has 1 aliphatic carbocycles. The van der Waals surface area contributed by atoms with Crippen LogP contribution in [0, 0.1) is 11.8 Å². The number of halogens is 2. The fourth-order valence-electron chi connectivity index (χ4n) is 4.89. The summed E-state index contributed by atoms with van der Waals surface area (Å²) in [6, 6.07) is 4.62. The maximum absolute atomic E-state index is 11.1. The zero-order chi connectivity index (χ0) is 17.9. The lowest BCUT2D eigenvalue weighted by atomic mass is 9.81. The number of rotatable bonds is 5. The van der Waals surface area contributed by atoms with Gasteiger partial charge in [0.15, 0.2) is 0 Å². The minimum Gasteiger partial charge on any atom is -0.370 e. The molecule has 1 aromatic rings. The molecule has 6 heteroatoms. The molecule has 0 spiro atoms. The van der Waals surface area contributed by atoms with E-state index < -0.39 is 5.24 Å². The predicted molar refractivity (Wildman–Crippen MR) is 113 cm³/mol. The normalized spacial score (nSPS) is 22.9. The smallest absolute Gasteiger partial charge is 0.270 e. The molecule has 4 nitrogen and oxygen atoms in total. The minimum absolute atomic E-state index is 0. The van der Waals surface area contributed by atoms with Gasteiger partial charge in [0, 0.05) is 19.1 Å². The zero-order valence-corrected chi connectivity index (χ0v) is 17.6. The van der Waals surface area contributed by atoms with Crippen LogP contribution in [-0.4, -0.2) is 47.3 Å². The molecule has 2 aliphatic heterocycles. The highest BCUT2D eigenvalue weighted by Crippen LogP contribution is 2.34. The van der Waals surface area contributed by atoms with Gasteiger partial charge in [-0.05, 0) is 93.6 Å². The number of nitrogens with zero attached hydrogens (tertiary/aromatic N) is 3. The molecule has 150 valence electrons. The third kappa shape index (κ3) is 5.16. The lowest BCUT2D eigenvalue weighted by Crippen LogP contribution is -2.45. The van der Waals surface area contributed by atoms with E-state index >= 15 is 0 Å². The van der Waals surface area contributed by atoms with E-state index in [2.05, 4.69) is 14.8 Å². The molecule has 0 amide bonds. The van der Waals surface area contributed by atoms with Crippen molar-refractivity contribution in [1.29, 1.82) is 0 Å². The van der Waals surface area contributed by atoms with Crippen LogP contribution < -0.4 is 4.90 Å². The van der Waals surface area contributed by atoms with E-state index in [0.29, 0.717) is 5.69 Å². The minimum atomic E-state index is -0.487. The fourth-order valence-corrected chi connectivity index (χ4v) is 5.01. The second kappa shape index (κ2) is 9.58. The molecule has 3 fully saturated rings. The first-order valence-electron chi connectivity index (χ1n) is 10.3. The number of anilines is 1. The maximum atomic E-state index is 11.1. The summed E-state index contributed by atoms with van der Waals surface area (Å²) in [4.78, 5) is 20.4. The number of hydrogen-bond donors (Lipinski definition) is 0. The van der Waals surface area contributed by atoms with E-state index in [4.69, 9.17) is 11.6 Å². The Balaban J connectivity index is 0.00000210. The van der Waals surface area contributed by atoms with Crippen LogP contribution in [-0.2, 0) is 0 Å². The molecular formula is C21H31Cl2N3O. The molecule has 3 heterocycles. The van der Waals surface area contributed by atoms with Gasteiger partial charge in [0.25, 0.3) is 5.24 Å². The van der Waals surface area contributed by atoms with Crippen molar-refractivity contribution in [3.05, 3.63) is 24.0 Å². The Bertz CT molecular complexity index is 604. The molecule has 0 bridgehead atoms. The van der Waals surface area contributed by atoms with Gasteiger partial charge in [-0.25, -0.2) is 4.98 Å². The first kappa shape index (κ1) is 20.9. The van der Waals surface area contributed by atoms with Gasteiger partial charge >= 0.3 is 0 Å². The van der Waals surface area contributed by atoms with Crippen molar-refractivity contribution in [3.63, 3.8) is 0 Å². The number of aromatic nitrogens is 1. The largest absolute Gasteiger partial charge is 0.370 e. The van der Waals surface area contributed by atoms with E-state index in [1.165, 1.54) is 64.5 Å². The Hall–Kier alpha value is -0.840. The molecule has 4 rings (SSSR count). The molecule has 0 atom stereocenters. The fraction of sp³-hybridized carbons (Fsp3) is 0.714. The second-order valence-electron chi connectivity index (χ2n) is 8.41. The van der Waals surface area contributed by atoms with Crippen LogP contribution in [0.5, 0.6) is 0 Å². The average Bonchev–Trinajstić information content (AvgIpc) is 2.63. The van der Waals surface area contributed by atoms with Crippen LogP contribution in [0.1, 0.15) is 61.9 Å². The number of carbonyl (C=O) groups excluding carboxylic acids is 1. The Morgan fingerprint density at radius 2 is 1.63 bits per heavy atom. The van der Waals surface area contributed by atoms with Crippen molar-refractivity contribution < 1.29 is 4.79 Å².